The Labute approximate surface area is 124 Å². The summed E-state index contributed by atoms with van der Waals surface area (Å²) >= 11 is 0. The molecule has 1 N–H and O–H groups in total. The lowest BCUT2D eigenvalue weighted by atomic mass is 9.86. The zero-order chi connectivity index (χ0) is 14.7. The quantitative estimate of drug-likeness (QED) is 0.818. The number of ether oxygens (including phenoxy) is 1. The molecule has 1 amide bonds. The largest absolute Gasteiger partial charge is 0.455 e. The molecule has 0 radical (unpaired) electrons. The molecule has 2 saturated carbocycles. The van der Waals surface area contributed by atoms with Gasteiger partial charge in [0.25, 0.3) is 5.91 Å². The van der Waals surface area contributed by atoms with Gasteiger partial charge in [-0.05, 0) is 37.2 Å². The summed E-state index contributed by atoms with van der Waals surface area (Å²) in [6.07, 6.45) is 5.16. The van der Waals surface area contributed by atoms with E-state index in [4.69, 9.17) is 4.74 Å². The van der Waals surface area contributed by atoms with Crippen molar-refractivity contribution in [2.45, 2.75) is 38.1 Å². The van der Waals surface area contributed by atoms with E-state index in [0.717, 1.165) is 37.7 Å². The van der Waals surface area contributed by atoms with E-state index in [0.29, 0.717) is 5.92 Å². The summed E-state index contributed by atoms with van der Waals surface area (Å²) in [5.41, 5.74) is 1.12. The Morgan fingerprint density at radius 2 is 1.86 bits per heavy atom. The molecule has 1 aromatic rings. The van der Waals surface area contributed by atoms with Gasteiger partial charge in [0, 0.05) is 0 Å². The van der Waals surface area contributed by atoms with Crippen LogP contribution in [0.3, 0.4) is 0 Å². The number of esters is 1. The van der Waals surface area contributed by atoms with Gasteiger partial charge in [0.1, 0.15) is 0 Å². The third kappa shape index (κ3) is 3.63. The number of nitrogens with one attached hydrogen (secondary N) is 1. The van der Waals surface area contributed by atoms with Crippen LogP contribution in [-0.2, 0) is 14.3 Å². The van der Waals surface area contributed by atoms with Crippen LogP contribution in [0.2, 0.25) is 0 Å². The zero-order valence-electron chi connectivity index (χ0n) is 12.1. The van der Waals surface area contributed by atoms with Gasteiger partial charge >= 0.3 is 5.97 Å². The molecule has 1 atom stereocenters. The van der Waals surface area contributed by atoms with E-state index in [1.165, 1.54) is 0 Å². The zero-order valence-corrected chi connectivity index (χ0v) is 12.1. The van der Waals surface area contributed by atoms with Gasteiger partial charge in [-0.15, -0.1) is 0 Å². The molecule has 1 aromatic carbocycles. The van der Waals surface area contributed by atoms with Crippen LogP contribution in [0.4, 0.5) is 0 Å². The van der Waals surface area contributed by atoms with Crippen LogP contribution < -0.4 is 5.32 Å². The van der Waals surface area contributed by atoms with Crippen molar-refractivity contribution < 1.29 is 14.3 Å². The van der Waals surface area contributed by atoms with E-state index >= 15 is 0 Å². The van der Waals surface area contributed by atoms with Crippen LogP contribution in [0.1, 0.15) is 43.7 Å². The summed E-state index contributed by atoms with van der Waals surface area (Å²) in [4.78, 5) is 23.6. The maximum absolute atomic E-state index is 12.0. The SMILES string of the molecule is O=C(COC(=O)C1CCC1)N[C@@H](c1ccccc1)C1CC1. The molecule has 21 heavy (non-hydrogen) atoms. The molecule has 4 heteroatoms. The van der Waals surface area contributed by atoms with Gasteiger partial charge in [-0.3, -0.25) is 9.59 Å². The van der Waals surface area contributed by atoms with Gasteiger partial charge in [-0.2, -0.15) is 0 Å². The number of amides is 1. The minimum Gasteiger partial charge on any atom is -0.455 e. The highest BCUT2D eigenvalue weighted by atomic mass is 16.5. The van der Waals surface area contributed by atoms with Crippen molar-refractivity contribution in [3.05, 3.63) is 35.9 Å². The monoisotopic (exact) mass is 287 g/mol. The third-order valence-corrected chi connectivity index (χ3v) is 4.35. The van der Waals surface area contributed by atoms with Crippen LogP contribution >= 0.6 is 0 Å². The third-order valence-electron chi connectivity index (χ3n) is 4.35. The molecule has 2 aliphatic carbocycles. The summed E-state index contributed by atoms with van der Waals surface area (Å²) < 4.78 is 5.09. The summed E-state index contributed by atoms with van der Waals surface area (Å²) in [5.74, 6) is 0.104. The molecule has 0 aromatic heterocycles. The highest BCUT2D eigenvalue weighted by molar-refractivity contribution is 5.81. The molecule has 112 valence electrons. The number of hydrogen-bond acceptors (Lipinski definition) is 3. The first-order valence-corrected chi connectivity index (χ1v) is 7.75. The molecule has 4 nitrogen and oxygen atoms in total. The van der Waals surface area contributed by atoms with E-state index in [1.54, 1.807) is 0 Å². The highest BCUT2D eigenvalue weighted by Gasteiger charge is 2.33. The molecular formula is C17H21NO3. The average Bonchev–Trinajstić information content (AvgIpc) is 3.26. The van der Waals surface area contributed by atoms with Crippen LogP contribution in [-0.4, -0.2) is 18.5 Å². The lowest BCUT2D eigenvalue weighted by molar-refractivity contribution is -0.155. The van der Waals surface area contributed by atoms with Crippen molar-refractivity contribution in [3.8, 4) is 0 Å². The first-order chi connectivity index (χ1) is 10.2. The summed E-state index contributed by atoms with van der Waals surface area (Å²) in [5, 5.41) is 3.01. The Hall–Kier alpha value is -1.84. The minimum atomic E-state index is -0.223. The van der Waals surface area contributed by atoms with E-state index < -0.39 is 0 Å². The fourth-order valence-corrected chi connectivity index (χ4v) is 2.68. The number of hydrogen-bond donors (Lipinski definition) is 1. The standard InChI is InChI=1S/C17H21NO3/c19-15(11-21-17(20)14-7-4-8-14)18-16(13-9-10-13)12-5-2-1-3-6-12/h1-3,5-6,13-14,16H,4,7-11H2,(H,18,19)/t16-/m0/s1. The van der Waals surface area contributed by atoms with Crippen molar-refractivity contribution >= 4 is 11.9 Å². The average molecular weight is 287 g/mol. The second-order valence-electron chi connectivity index (χ2n) is 6.03. The Morgan fingerprint density at radius 1 is 1.14 bits per heavy atom. The summed E-state index contributed by atoms with van der Waals surface area (Å²) in [7, 11) is 0. The van der Waals surface area contributed by atoms with Gasteiger partial charge in [0.05, 0.1) is 12.0 Å². The molecule has 0 saturated heterocycles. The van der Waals surface area contributed by atoms with Gasteiger partial charge in [-0.1, -0.05) is 36.8 Å². The fourth-order valence-electron chi connectivity index (χ4n) is 2.68. The predicted molar refractivity (Wildman–Crippen MR) is 78.3 cm³/mol. The second-order valence-corrected chi connectivity index (χ2v) is 6.03. The normalized spacial score (nSPS) is 19.4. The topological polar surface area (TPSA) is 55.4 Å². The van der Waals surface area contributed by atoms with E-state index in [-0.39, 0.29) is 30.4 Å². The number of rotatable bonds is 6. The van der Waals surface area contributed by atoms with Crippen molar-refractivity contribution in [2.75, 3.05) is 6.61 Å². The first-order valence-electron chi connectivity index (χ1n) is 7.75. The second kappa shape index (κ2) is 6.29. The molecule has 0 heterocycles. The molecule has 0 unspecified atom stereocenters. The van der Waals surface area contributed by atoms with Gasteiger partial charge in [0.2, 0.25) is 0 Å². The fraction of sp³-hybridized carbons (Fsp3) is 0.529. The van der Waals surface area contributed by atoms with E-state index in [9.17, 15) is 9.59 Å². The predicted octanol–water partition coefficient (Wildman–Crippen LogP) is 2.60. The Balaban J connectivity index is 1.51. The molecule has 2 fully saturated rings. The highest BCUT2D eigenvalue weighted by Crippen LogP contribution is 2.40. The summed E-state index contributed by atoms with van der Waals surface area (Å²) in [6, 6.07) is 10.0. The number of benzene rings is 1. The van der Waals surface area contributed by atoms with E-state index in [1.807, 2.05) is 30.3 Å². The van der Waals surface area contributed by atoms with E-state index in [2.05, 4.69) is 5.32 Å². The lowest BCUT2D eigenvalue weighted by Crippen LogP contribution is -2.35. The van der Waals surface area contributed by atoms with Gasteiger partial charge in [-0.25, -0.2) is 0 Å². The Kier molecular flexibility index (Phi) is 4.23. The van der Waals surface area contributed by atoms with Crippen LogP contribution in [0.15, 0.2) is 30.3 Å². The number of carbonyl (C=O) groups is 2. The number of carbonyl (C=O) groups excluding carboxylic acids is 2. The van der Waals surface area contributed by atoms with Crippen molar-refractivity contribution in [2.24, 2.45) is 11.8 Å². The maximum Gasteiger partial charge on any atom is 0.309 e. The Bertz CT molecular complexity index is 506. The van der Waals surface area contributed by atoms with Crippen molar-refractivity contribution in [1.29, 1.82) is 0 Å². The maximum atomic E-state index is 12.0. The first kappa shape index (κ1) is 14.1. The smallest absolute Gasteiger partial charge is 0.309 e. The van der Waals surface area contributed by atoms with Gasteiger partial charge < -0.3 is 10.1 Å². The molecule has 3 rings (SSSR count). The molecule has 2 aliphatic rings. The van der Waals surface area contributed by atoms with Crippen LogP contribution in [0.25, 0.3) is 0 Å². The van der Waals surface area contributed by atoms with Crippen molar-refractivity contribution in [1.82, 2.24) is 5.32 Å². The molecule has 0 aliphatic heterocycles. The summed E-state index contributed by atoms with van der Waals surface area (Å²) in [6.45, 7) is -0.161. The van der Waals surface area contributed by atoms with Crippen LogP contribution in [0, 0.1) is 11.8 Å². The lowest BCUT2D eigenvalue weighted by Gasteiger charge is -2.23. The van der Waals surface area contributed by atoms with Gasteiger partial charge in [0.15, 0.2) is 6.61 Å². The van der Waals surface area contributed by atoms with Crippen molar-refractivity contribution in [3.63, 3.8) is 0 Å². The Morgan fingerprint density at radius 3 is 2.43 bits per heavy atom. The van der Waals surface area contributed by atoms with Crippen LogP contribution in [0.5, 0.6) is 0 Å². The molecule has 0 bridgehead atoms. The minimum absolute atomic E-state index is 0.0196. The molecule has 0 spiro atoms. The molecular weight excluding hydrogens is 266 g/mol.